The van der Waals surface area contributed by atoms with Gasteiger partial charge in [-0.1, -0.05) is 0 Å². The third kappa shape index (κ3) is 2.72. The Kier molecular flexibility index (Phi) is 3.21. The first kappa shape index (κ1) is 11.3. The van der Waals surface area contributed by atoms with Crippen LogP contribution >= 0.6 is 0 Å². The van der Waals surface area contributed by atoms with Gasteiger partial charge < -0.3 is 14.4 Å². The molecule has 1 saturated carbocycles. The van der Waals surface area contributed by atoms with E-state index in [1.165, 1.54) is 25.7 Å². The fourth-order valence-electron chi connectivity index (χ4n) is 2.66. The van der Waals surface area contributed by atoms with E-state index in [0.717, 1.165) is 31.2 Å². The Hall–Kier alpha value is -0.800. The molecular weight excluding hydrogens is 214 g/mol. The van der Waals surface area contributed by atoms with Gasteiger partial charge in [-0.2, -0.15) is 0 Å². The summed E-state index contributed by atoms with van der Waals surface area (Å²) in [5, 5.41) is 10.0. The molecule has 1 unspecified atom stereocenters. The minimum atomic E-state index is -0.231. The van der Waals surface area contributed by atoms with Crippen LogP contribution in [0.25, 0.3) is 0 Å². The standard InChI is InChI=1S/C14H21NO2/c16-14(12-1-2-12)13-3-6-15(10-13)9-11-4-7-17-8-5-11/h3,6,10-12,14,16H,1-2,4-5,7-9H2. The van der Waals surface area contributed by atoms with Crippen molar-refractivity contribution in [1.29, 1.82) is 0 Å². The van der Waals surface area contributed by atoms with E-state index in [1.807, 2.05) is 0 Å². The van der Waals surface area contributed by atoms with Crippen molar-refractivity contribution in [3.05, 3.63) is 24.0 Å². The van der Waals surface area contributed by atoms with E-state index in [-0.39, 0.29) is 6.10 Å². The van der Waals surface area contributed by atoms with Crippen LogP contribution in [0.1, 0.15) is 37.4 Å². The van der Waals surface area contributed by atoms with Crippen LogP contribution in [-0.2, 0) is 11.3 Å². The van der Waals surface area contributed by atoms with E-state index in [1.54, 1.807) is 0 Å². The molecule has 94 valence electrons. The van der Waals surface area contributed by atoms with Crippen LogP contribution < -0.4 is 0 Å². The van der Waals surface area contributed by atoms with Crippen molar-refractivity contribution in [3.63, 3.8) is 0 Å². The molecule has 3 nitrogen and oxygen atoms in total. The van der Waals surface area contributed by atoms with Crippen LogP contribution in [0.4, 0.5) is 0 Å². The second-order valence-electron chi connectivity index (χ2n) is 5.48. The van der Waals surface area contributed by atoms with E-state index < -0.39 is 0 Å². The van der Waals surface area contributed by atoms with Crippen LogP contribution in [0.3, 0.4) is 0 Å². The van der Waals surface area contributed by atoms with Gasteiger partial charge in [-0.05, 0) is 49.1 Å². The van der Waals surface area contributed by atoms with Crippen molar-refractivity contribution in [2.45, 2.75) is 38.3 Å². The van der Waals surface area contributed by atoms with Crippen molar-refractivity contribution >= 4 is 0 Å². The van der Waals surface area contributed by atoms with E-state index in [9.17, 15) is 5.11 Å². The van der Waals surface area contributed by atoms with Crippen LogP contribution in [0.5, 0.6) is 0 Å². The Morgan fingerprint density at radius 1 is 1.29 bits per heavy atom. The maximum absolute atomic E-state index is 10.0. The van der Waals surface area contributed by atoms with Crippen molar-refractivity contribution in [1.82, 2.24) is 4.57 Å². The van der Waals surface area contributed by atoms with Gasteiger partial charge in [0.2, 0.25) is 0 Å². The average molecular weight is 235 g/mol. The average Bonchev–Trinajstić information content (AvgIpc) is 3.11. The molecule has 0 radical (unpaired) electrons. The predicted octanol–water partition coefficient (Wildman–Crippen LogP) is 2.36. The molecule has 1 aromatic rings. The number of aliphatic hydroxyl groups is 1. The zero-order valence-corrected chi connectivity index (χ0v) is 10.2. The van der Waals surface area contributed by atoms with Crippen LogP contribution in [0.2, 0.25) is 0 Å². The smallest absolute Gasteiger partial charge is 0.0832 e. The second-order valence-corrected chi connectivity index (χ2v) is 5.48. The Balaban J connectivity index is 1.59. The van der Waals surface area contributed by atoms with E-state index in [0.29, 0.717) is 5.92 Å². The summed E-state index contributed by atoms with van der Waals surface area (Å²) < 4.78 is 7.60. The van der Waals surface area contributed by atoms with Gasteiger partial charge in [0, 0.05) is 32.2 Å². The zero-order chi connectivity index (χ0) is 11.7. The predicted molar refractivity (Wildman–Crippen MR) is 65.7 cm³/mol. The lowest BCUT2D eigenvalue weighted by Crippen LogP contribution is -2.19. The van der Waals surface area contributed by atoms with Gasteiger partial charge in [0.1, 0.15) is 0 Å². The summed E-state index contributed by atoms with van der Waals surface area (Å²) in [4.78, 5) is 0. The van der Waals surface area contributed by atoms with Crippen LogP contribution in [0.15, 0.2) is 18.5 Å². The Bertz CT molecular complexity index is 364. The quantitative estimate of drug-likeness (QED) is 0.869. The van der Waals surface area contributed by atoms with E-state index in [4.69, 9.17) is 4.74 Å². The molecular formula is C14H21NO2. The molecule has 1 aliphatic carbocycles. The summed E-state index contributed by atoms with van der Waals surface area (Å²) in [5.41, 5.74) is 1.10. The minimum absolute atomic E-state index is 0.231. The second kappa shape index (κ2) is 4.83. The van der Waals surface area contributed by atoms with Crippen molar-refractivity contribution in [2.24, 2.45) is 11.8 Å². The number of hydrogen-bond acceptors (Lipinski definition) is 2. The summed E-state index contributed by atoms with van der Waals surface area (Å²) in [5.74, 6) is 1.26. The molecule has 17 heavy (non-hydrogen) atoms. The molecule has 2 fully saturated rings. The maximum atomic E-state index is 10.0. The molecule has 0 spiro atoms. The highest BCUT2D eigenvalue weighted by atomic mass is 16.5. The molecule has 1 N–H and O–H groups in total. The molecule has 1 aromatic heterocycles. The van der Waals surface area contributed by atoms with E-state index >= 15 is 0 Å². The largest absolute Gasteiger partial charge is 0.388 e. The van der Waals surface area contributed by atoms with Crippen molar-refractivity contribution in [2.75, 3.05) is 13.2 Å². The summed E-state index contributed by atoms with van der Waals surface area (Å²) in [7, 11) is 0. The molecule has 1 saturated heterocycles. The molecule has 0 amide bonds. The monoisotopic (exact) mass is 235 g/mol. The van der Waals surface area contributed by atoms with Gasteiger partial charge in [0.15, 0.2) is 0 Å². The molecule has 1 atom stereocenters. The van der Waals surface area contributed by atoms with Gasteiger partial charge in [0.05, 0.1) is 6.10 Å². The first-order valence-corrected chi connectivity index (χ1v) is 6.74. The van der Waals surface area contributed by atoms with Gasteiger partial charge in [0.25, 0.3) is 0 Å². The topological polar surface area (TPSA) is 34.4 Å². The maximum Gasteiger partial charge on any atom is 0.0832 e. The van der Waals surface area contributed by atoms with Gasteiger partial charge in [-0.25, -0.2) is 0 Å². The first-order valence-electron chi connectivity index (χ1n) is 6.74. The van der Waals surface area contributed by atoms with E-state index in [2.05, 4.69) is 23.0 Å². The number of aromatic nitrogens is 1. The van der Waals surface area contributed by atoms with Crippen LogP contribution in [-0.4, -0.2) is 22.9 Å². The fourth-order valence-corrected chi connectivity index (χ4v) is 2.66. The van der Waals surface area contributed by atoms with Crippen molar-refractivity contribution < 1.29 is 9.84 Å². The molecule has 2 heterocycles. The Morgan fingerprint density at radius 2 is 2.06 bits per heavy atom. The lowest BCUT2D eigenvalue weighted by molar-refractivity contribution is 0.0612. The number of aliphatic hydroxyl groups excluding tert-OH is 1. The highest BCUT2D eigenvalue weighted by molar-refractivity contribution is 5.16. The third-order valence-electron chi connectivity index (χ3n) is 3.99. The summed E-state index contributed by atoms with van der Waals surface area (Å²) in [6, 6.07) is 2.07. The number of rotatable bonds is 4. The lowest BCUT2D eigenvalue weighted by atomic mass is 10.0. The van der Waals surface area contributed by atoms with Crippen molar-refractivity contribution in [3.8, 4) is 0 Å². The molecule has 1 aliphatic heterocycles. The number of hydrogen-bond donors (Lipinski definition) is 1. The normalized spacial score (nSPS) is 23.8. The van der Waals surface area contributed by atoms with Gasteiger partial charge in [-0.15, -0.1) is 0 Å². The zero-order valence-electron chi connectivity index (χ0n) is 10.2. The molecule has 3 rings (SSSR count). The molecule has 0 bridgehead atoms. The summed E-state index contributed by atoms with van der Waals surface area (Å²) >= 11 is 0. The van der Waals surface area contributed by atoms with Gasteiger partial charge >= 0.3 is 0 Å². The summed E-state index contributed by atoms with van der Waals surface area (Å²) in [6.07, 6.45) is 8.70. The third-order valence-corrected chi connectivity index (χ3v) is 3.99. The Labute approximate surface area is 102 Å². The molecule has 0 aromatic carbocycles. The fraction of sp³-hybridized carbons (Fsp3) is 0.714. The highest BCUT2D eigenvalue weighted by Gasteiger charge is 2.31. The first-order chi connectivity index (χ1) is 8.33. The highest BCUT2D eigenvalue weighted by Crippen LogP contribution is 2.40. The van der Waals surface area contributed by atoms with Gasteiger partial charge in [-0.3, -0.25) is 0 Å². The molecule has 3 heteroatoms. The number of nitrogens with zero attached hydrogens (tertiary/aromatic N) is 1. The minimum Gasteiger partial charge on any atom is -0.388 e. The van der Waals surface area contributed by atoms with Crippen LogP contribution in [0, 0.1) is 11.8 Å². The lowest BCUT2D eigenvalue weighted by Gasteiger charge is -2.22. The SMILES string of the molecule is OC(c1ccn(CC2CCOCC2)c1)C1CC1. The summed E-state index contributed by atoms with van der Waals surface area (Å²) in [6.45, 7) is 2.88. The molecule has 2 aliphatic rings. The Morgan fingerprint density at radius 3 is 2.76 bits per heavy atom. The number of ether oxygens (including phenoxy) is 1.